The zero-order chi connectivity index (χ0) is 45.2. The molecule has 0 unspecified atom stereocenters. The molecule has 0 spiro atoms. The van der Waals surface area contributed by atoms with Crippen molar-refractivity contribution in [1.29, 1.82) is 0 Å². The highest BCUT2D eigenvalue weighted by atomic mass is 32.1. The maximum absolute atomic E-state index is 14.7. The highest BCUT2D eigenvalue weighted by Gasteiger charge is 2.49. The summed E-state index contributed by atoms with van der Waals surface area (Å²) in [5.41, 5.74) is 1.54. The molecule has 0 radical (unpaired) electrons. The van der Waals surface area contributed by atoms with E-state index in [9.17, 15) is 34.8 Å². The van der Waals surface area contributed by atoms with Crippen LogP contribution in [-0.4, -0.2) is 112 Å². The van der Waals surface area contributed by atoms with Gasteiger partial charge < -0.3 is 44.9 Å². The van der Waals surface area contributed by atoms with E-state index in [1.54, 1.807) is 52.8 Å². The lowest BCUT2D eigenvalue weighted by Crippen LogP contribution is -2.50. The second kappa shape index (κ2) is 17.2. The first-order chi connectivity index (χ1) is 29.9. The molecule has 3 aromatic carbocycles. The molecule has 0 saturated carbocycles. The van der Waals surface area contributed by atoms with E-state index in [0.29, 0.717) is 16.3 Å². The molecule has 4 aliphatic heterocycles. The van der Waals surface area contributed by atoms with Crippen LogP contribution in [0.5, 0.6) is 11.5 Å². The van der Waals surface area contributed by atoms with Crippen LogP contribution in [0, 0.1) is 30.6 Å². The van der Waals surface area contributed by atoms with Crippen LogP contribution in [0.3, 0.4) is 0 Å². The topological polar surface area (TPSA) is 191 Å². The number of aromatic nitrogens is 1. The number of phenolic OH excluding ortho intramolecular Hbond substituents is 1. The number of aromatic hydroxyl groups is 1. The number of piperazine rings is 1. The predicted octanol–water partition coefficient (Wildman–Crippen LogP) is 6.18. The third-order valence-corrected chi connectivity index (χ3v) is 15.2. The summed E-state index contributed by atoms with van der Waals surface area (Å²) in [7, 11) is 1.47. The van der Waals surface area contributed by atoms with Gasteiger partial charge in [0.2, 0.25) is 0 Å². The summed E-state index contributed by atoms with van der Waals surface area (Å²) in [6, 6.07) is 6.51. The fraction of sp³-hybridized carbons (Fsp3) is 0.500. The van der Waals surface area contributed by atoms with Crippen molar-refractivity contribution in [1.82, 2.24) is 9.88 Å². The molecule has 1 amide bonds. The predicted molar refractivity (Wildman–Crippen MR) is 245 cm³/mol. The van der Waals surface area contributed by atoms with Crippen molar-refractivity contribution in [2.75, 3.05) is 43.5 Å². The van der Waals surface area contributed by atoms with Gasteiger partial charge in [-0.2, -0.15) is 0 Å². The van der Waals surface area contributed by atoms with E-state index in [2.05, 4.69) is 21.2 Å². The number of Topliss-reactive ketones (excluding diaryl/α,β-unsaturated/α-hetero) is 1. The molecule has 336 valence electrons. The smallest absolute Gasteiger partial charge is 0.312 e. The summed E-state index contributed by atoms with van der Waals surface area (Å²) in [5, 5.41) is 49.1. The minimum Gasteiger partial charge on any atom is -0.505 e. The van der Waals surface area contributed by atoms with Gasteiger partial charge in [0.25, 0.3) is 11.7 Å². The molecular formula is C48H58N4O10S. The van der Waals surface area contributed by atoms with Crippen LogP contribution in [0.1, 0.15) is 70.3 Å². The van der Waals surface area contributed by atoms with E-state index in [-0.39, 0.29) is 44.4 Å². The summed E-state index contributed by atoms with van der Waals surface area (Å²) in [5.74, 6) is -6.03. The number of aliphatic hydroxyl groups is 3. The van der Waals surface area contributed by atoms with Crippen molar-refractivity contribution in [2.24, 2.45) is 23.7 Å². The van der Waals surface area contributed by atoms with Crippen molar-refractivity contribution in [3.05, 3.63) is 75.7 Å². The van der Waals surface area contributed by atoms with Gasteiger partial charge in [-0.15, -0.1) is 11.3 Å². The molecule has 1 aromatic heterocycles. The monoisotopic (exact) mass is 882 g/mol. The summed E-state index contributed by atoms with van der Waals surface area (Å²) in [4.78, 5) is 53.2. The molecule has 5 N–H and O–H groups in total. The Labute approximate surface area is 370 Å². The first-order valence-corrected chi connectivity index (χ1v) is 22.7. The molecule has 15 heteroatoms. The average molecular weight is 883 g/mol. The summed E-state index contributed by atoms with van der Waals surface area (Å²) in [6.45, 7) is 15.4. The van der Waals surface area contributed by atoms with Crippen LogP contribution in [-0.2, 0) is 14.3 Å². The fourth-order valence-electron chi connectivity index (χ4n) is 9.83. The number of hydrogen-bond donors (Lipinski definition) is 5. The van der Waals surface area contributed by atoms with Crippen molar-refractivity contribution < 1.29 is 44.2 Å². The maximum Gasteiger partial charge on any atom is 0.312 e. The number of rotatable bonds is 2. The SMILES string of the molecule is CO[C@H]1/C=C/O[C@@]2(C)Oc3c(C)c(=O)c4c(O)c(c5sc6cc(N7CCN8CCC[C@H]8C7)ccc6nc5c4c3C2=O)NC(=O)/C(C)=C\C=C\[C@H](C)[C@H](O)[C@@H](C)[C@@H](O)[C@H](C)[C@H](O)[C@H]1C. The Morgan fingerprint density at radius 2 is 1.68 bits per heavy atom. The first kappa shape index (κ1) is 44.7. The Morgan fingerprint density at radius 1 is 0.952 bits per heavy atom. The van der Waals surface area contributed by atoms with Gasteiger partial charge in [0, 0.05) is 85.6 Å². The largest absolute Gasteiger partial charge is 0.505 e. The van der Waals surface area contributed by atoms with Crippen molar-refractivity contribution in [3.8, 4) is 11.5 Å². The van der Waals surface area contributed by atoms with E-state index >= 15 is 0 Å². The van der Waals surface area contributed by atoms with Crippen molar-refractivity contribution in [2.45, 2.75) is 97.6 Å². The number of carbonyl (C=O) groups excluding carboxylic acids is 2. The lowest BCUT2D eigenvalue weighted by atomic mass is 9.78. The summed E-state index contributed by atoms with van der Waals surface area (Å²) in [6.07, 6.45) is 6.18. The van der Waals surface area contributed by atoms with Crippen molar-refractivity contribution >= 4 is 65.6 Å². The zero-order valence-electron chi connectivity index (χ0n) is 37.0. The second-order valence-electron chi connectivity index (χ2n) is 18.1. The molecular weight excluding hydrogens is 825 g/mol. The quantitative estimate of drug-likeness (QED) is 0.0873. The van der Waals surface area contributed by atoms with Gasteiger partial charge in [0.1, 0.15) is 11.4 Å². The minimum absolute atomic E-state index is 0.00398. The van der Waals surface area contributed by atoms with E-state index in [4.69, 9.17) is 19.2 Å². The number of hydrogen-bond acceptors (Lipinski definition) is 14. The maximum atomic E-state index is 14.7. The molecule has 4 aliphatic rings. The Morgan fingerprint density at radius 3 is 2.43 bits per heavy atom. The van der Waals surface area contributed by atoms with Gasteiger partial charge >= 0.3 is 5.79 Å². The van der Waals surface area contributed by atoms with Gasteiger partial charge in [-0.1, -0.05) is 45.9 Å². The number of ketones is 1. The zero-order valence-corrected chi connectivity index (χ0v) is 37.9. The van der Waals surface area contributed by atoms with Gasteiger partial charge in [-0.25, -0.2) is 4.98 Å². The molecule has 10 atom stereocenters. The molecule has 4 bridgehead atoms. The van der Waals surface area contributed by atoms with E-state index in [1.807, 2.05) is 12.1 Å². The number of allylic oxidation sites excluding steroid dienone is 2. The number of benzene rings is 3. The third-order valence-electron chi connectivity index (χ3n) is 14.0. The number of phenols is 1. The molecule has 8 rings (SSSR count). The molecule has 2 saturated heterocycles. The van der Waals surface area contributed by atoms with Crippen molar-refractivity contribution in [3.63, 3.8) is 0 Å². The first-order valence-electron chi connectivity index (χ1n) is 21.9. The third kappa shape index (κ3) is 7.80. The molecule has 0 aliphatic carbocycles. The summed E-state index contributed by atoms with van der Waals surface area (Å²) < 4.78 is 19.2. The molecule has 2 fully saturated rings. The number of nitrogens with one attached hydrogen (secondary N) is 1. The van der Waals surface area contributed by atoms with Gasteiger partial charge in [-0.3, -0.25) is 19.3 Å². The fourth-order valence-corrected chi connectivity index (χ4v) is 10.9. The number of amides is 1. The molecule has 5 heterocycles. The number of ether oxygens (including phenoxy) is 3. The van der Waals surface area contributed by atoms with Crippen LogP contribution in [0.2, 0.25) is 0 Å². The number of aliphatic hydroxyl groups excluding tert-OH is 3. The highest BCUT2D eigenvalue weighted by molar-refractivity contribution is 7.25. The van der Waals surface area contributed by atoms with E-state index in [0.717, 1.165) is 43.0 Å². The van der Waals surface area contributed by atoms with Gasteiger partial charge in [-0.05, 0) is 57.5 Å². The number of carbonyl (C=O) groups is 2. The molecule has 4 aromatic rings. The summed E-state index contributed by atoms with van der Waals surface area (Å²) >= 11 is 1.29. The standard InChI is InChI=1S/C48H58N4O10S/c1-23-11-9-12-24(2)47(59)50-38-43(57)35-34(37-45(38)63-33-21-29(14-15-31(33)49-37)52-19-18-51-17-10-13-30(51)22-52)36-44(28(6)42(35)56)62-48(7,46(36)58)61-20-16-32(60-8)25(3)40(54)27(5)41(55)26(4)39(23)53/h9,11-12,14-16,20-21,23,25-27,30,32,39-41,53-55,57H,10,13,17-19,22H2,1-8H3,(H,50,59)/b11-9+,20-16+,24-12-/t23-,25-,26+,27+,30-,32-,39-,40+,41+,48-/m0/s1. The number of anilines is 2. The lowest BCUT2D eigenvalue weighted by molar-refractivity contribution is -0.112. The highest BCUT2D eigenvalue weighted by Crippen LogP contribution is 2.49. The van der Waals surface area contributed by atoms with Crippen LogP contribution >= 0.6 is 11.3 Å². The Bertz CT molecular complexity index is 2640. The Kier molecular flexibility index (Phi) is 12.2. The van der Waals surface area contributed by atoms with Crippen LogP contribution in [0.4, 0.5) is 11.4 Å². The molecule has 63 heavy (non-hydrogen) atoms. The van der Waals surface area contributed by atoms with Gasteiger partial charge in [0.05, 0.1) is 62.1 Å². The van der Waals surface area contributed by atoms with Crippen LogP contribution in [0.25, 0.3) is 31.2 Å². The lowest BCUT2D eigenvalue weighted by Gasteiger charge is -2.38. The Balaban J connectivity index is 1.31. The normalized spacial score (nSPS) is 33.0. The van der Waals surface area contributed by atoms with Crippen LogP contribution < -0.4 is 20.4 Å². The number of methoxy groups -OCH3 is 1. The second-order valence-corrected chi connectivity index (χ2v) is 19.1. The molecule has 14 nitrogen and oxygen atoms in total. The Hall–Kier alpha value is -4.90. The van der Waals surface area contributed by atoms with Gasteiger partial charge in [0.15, 0.2) is 11.2 Å². The number of fused-ring (bicyclic) bond motifs is 3. The average Bonchev–Trinajstić information content (AvgIpc) is 3.86. The van der Waals surface area contributed by atoms with E-state index < -0.39 is 76.7 Å². The van der Waals surface area contributed by atoms with Crippen LogP contribution in [0.15, 0.2) is 59.1 Å². The van der Waals surface area contributed by atoms with E-state index in [1.165, 1.54) is 51.1 Å². The number of nitrogens with zero attached hydrogens (tertiary/aromatic N) is 3. The minimum atomic E-state index is -1.97.